The van der Waals surface area contributed by atoms with Crippen LogP contribution in [-0.2, 0) is 20.8 Å². The standard InChI is InChI=1S/C23H21NO6/c1-26-22(25)17-4-2-3-16(13-17)15-29-18-5-7-19(8-6-18)30-21-9-10-24-14-20(21)23-27-11-12-28-23/h2-10,13-14,23H,11-12,15H2,1H3. The zero-order chi connectivity index (χ0) is 20.8. The number of rotatable bonds is 7. The molecule has 0 aliphatic carbocycles. The maximum atomic E-state index is 11.6. The molecule has 154 valence electrons. The number of ether oxygens (including phenoxy) is 5. The van der Waals surface area contributed by atoms with Crippen molar-refractivity contribution in [3.63, 3.8) is 0 Å². The van der Waals surface area contributed by atoms with E-state index in [-0.39, 0.29) is 5.97 Å². The van der Waals surface area contributed by atoms with Gasteiger partial charge in [0.15, 0.2) is 6.29 Å². The van der Waals surface area contributed by atoms with E-state index in [4.69, 9.17) is 23.7 Å². The Morgan fingerprint density at radius 2 is 1.83 bits per heavy atom. The van der Waals surface area contributed by atoms with Gasteiger partial charge in [-0.3, -0.25) is 4.98 Å². The molecule has 2 heterocycles. The average molecular weight is 407 g/mol. The van der Waals surface area contributed by atoms with E-state index in [0.29, 0.717) is 42.6 Å². The van der Waals surface area contributed by atoms with Crippen LogP contribution in [0.3, 0.4) is 0 Å². The highest BCUT2D eigenvalue weighted by Gasteiger charge is 2.22. The molecule has 0 amide bonds. The van der Waals surface area contributed by atoms with Crippen LogP contribution in [0.2, 0.25) is 0 Å². The quantitative estimate of drug-likeness (QED) is 0.541. The molecule has 1 aliphatic rings. The molecule has 0 atom stereocenters. The molecule has 30 heavy (non-hydrogen) atoms. The first-order chi connectivity index (χ1) is 14.7. The molecule has 1 fully saturated rings. The number of carbonyl (C=O) groups is 1. The SMILES string of the molecule is COC(=O)c1cccc(COc2ccc(Oc3ccncc3C3OCCO3)cc2)c1. The minimum atomic E-state index is -0.461. The Bertz CT molecular complexity index is 999. The predicted octanol–water partition coefficient (Wildman–Crippen LogP) is 4.28. The first-order valence-corrected chi connectivity index (χ1v) is 9.48. The molecule has 1 aromatic heterocycles. The normalized spacial score (nSPS) is 13.8. The van der Waals surface area contributed by atoms with E-state index in [2.05, 4.69) is 4.98 Å². The fraction of sp³-hybridized carbons (Fsp3) is 0.217. The second-order valence-corrected chi connectivity index (χ2v) is 6.54. The first-order valence-electron chi connectivity index (χ1n) is 9.48. The molecule has 0 radical (unpaired) electrons. The lowest BCUT2D eigenvalue weighted by atomic mass is 10.1. The molecular weight excluding hydrogens is 386 g/mol. The Morgan fingerprint density at radius 3 is 2.60 bits per heavy atom. The van der Waals surface area contributed by atoms with E-state index in [9.17, 15) is 4.79 Å². The Kier molecular flexibility index (Phi) is 6.22. The summed E-state index contributed by atoms with van der Waals surface area (Å²) >= 11 is 0. The van der Waals surface area contributed by atoms with Gasteiger partial charge in [-0.2, -0.15) is 0 Å². The van der Waals surface area contributed by atoms with Crippen molar-refractivity contribution in [2.45, 2.75) is 12.9 Å². The zero-order valence-electron chi connectivity index (χ0n) is 16.4. The molecule has 7 nitrogen and oxygen atoms in total. The van der Waals surface area contributed by atoms with Gasteiger partial charge in [-0.15, -0.1) is 0 Å². The monoisotopic (exact) mass is 407 g/mol. The number of pyridine rings is 1. The third-order valence-electron chi connectivity index (χ3n) is 4.49. The average Bonchev–Trinajstić information content (AvgIpc) is 3.33. The number of benzene rings is 2. The maximum Gasteiger partial charge on any atom is 0.337 e. The van der Waals surface area contributed by atoms with Crippen LogP contribution in [0, 0.1) is 0 Å². The summed E-state index contributed by atoms with van der Waals surface area (Å²) < 4.78 is 27.6. The van der Waals surface area contributed by atoms with Crippen LogP contribution >= 0.6 is 0 Å². The van der Waals surface area contributed by atoms with E-state index < -0.39 is 6.29 Å². The fourth-order valence-electron chi connectivity index (χ4n) is 3.01. The van der Waals surface area contributed by atoms with Gasteiger partial charge in [-0.25, -0.2) is 4.79 Å². The lowest BCUT2D eigenvalue weighted by molar-refractivity contribution is -0.0454. The molecule has 3 aromatic rings. The molecule has 0 bridgehead atoms. The van der Waals surface area contributed by atoms with Gasteiger partial charge < -0.3 is 23.7 Å². The molecule has 4 rings (SSSR count). The summed E-state index contributed by atoms with van der Waals surface area (Å²) in [5, 5.41) is 0. The van der Waals surface area contributed by atoms with Crippen molar-refractivity contribution >= 4 is 5.97 Å². The lowest BCUT2D eigenvalue weighted by Crippen LogP contribution is -2.03. The Hall–Kier alpha value is -3.42. The van der Waals surface area contributed by atoms with Gasteiger partial charge in [0.1, 0.15) is 23.9 Å². The van der Waals surface area contributed by atoms with Crippen molar-refractivity contribution in [1.82, 2.24) is 4.98 Å². The smallest absolute Gasteiger partial charge is 0.337 e. The van der Waals surface area contributed by atoms with Crippen LogP contribution in [-0.4, -0.2) is 31.3 Å². The van der Waals surface area contributed by atoms with Crippen LogP contribution in [0.5, 0.6) is 17.2 Å². The summed E-state index contributed by atoms with van der Waals surface area (Å²) in [6.07, 6.45) is 2.89. The Balaban J connectivity index is 1.39. The number of esters is 1. The van der Waals surface area contributed by atoms with Crippen LogP contribution in [0.15, 0.2) is 67.0 Å². The zero-order valence-corrected chi connectivity index (χ0v) is 16.4. The molecular formula is C23H21NO6. The van der Waals surface area contributed by atoms with Crippen LogP contribution < -0.4 is 9.47 Å². The lowest BCUT2D eigenvalue weighted by Gasteiger charge is -2.15. The molecule has 0 saturated carbocycles. The second kappa shape index (κ2) is 9.39. The Labute approximate surface area is 174 Å². The van der Waals surface area contributed by atoms with E-state index in [1.54, 1.807) is 36.7 Å². The summed E-state index contributed by atoms with van der Waals surface area (Å²) in [7, 11) is 1.36. The maximum absolute atomic E-state index is 11.6. The predicted molar refractivity (Wildman–Crippen MR) is 108 cm³/mol. The highest BCUT2D eigenvalue weighted by atomic mass is 16.7. The number of hydrogen-bond donors (Lipinski definition) is 0. The third-order valence-corrected chi connectivity index (χ3v) is 4.49. The van der Waals surface area contributed by atoms with Crippen molar-refractivity contribution < 1.29 is 28.5 Å². The van der Waals surface area contributed by atoms with E-state index in [0.717, 1.165) is 11.1 Å². The third kappa shape index (κ3) is 4.76. The first kappa shape index (κ1) is 19.9. The number of nitrogens with zero attached hydrogens (tertiary/aromatic N) is 1. The number of methoxy groups -OCH3 is 1. The highest BCUT2D eigenvalue weighted by Crippen LogP contribution is 2.33. The second-order valence-electron chi connectivity index (χ2n) is 6.54. The van der Waals surface area contributed by atoms with Gasteiger partial charge in [0.05, 0.1) is 31.5 Å². The van der Waals surface area contributed by atoms with Gasteiger partial charge in [-0.05, 0) is 48.0 Å². The van der Waals surface area contributed by atoms with Crippen molar-refractivity contribution in [2.75, 3.05) is 20.3 Å². The van der Waals surface area contributed by atoms with E-state index >= 15 is 0 Å². The number of aromatic nitrogens is 1. The molecule has 1 aliphatic heterocycles. The van der Waals surface area contributed by atoms with Gasteiger partial charge >= 0.3 is 5.97 Å². The van der Waals surface area contributed by atoms with Crippen molar-refractivity contribution in [1.29, 1.82) is 0 Å². The van der Waals surface area contributed by atoms with Crippen molar-refractivity contribution in [3.8, 4) is 17.2 Å². The molecule has 7 heteroatoms. The van der Waals surface area contributed by atoms with Gasteiger partial charge in [-0.1, -0.05) is 12.1 Å². The summed E-state index contributed by atoms with van der Waals surface area (Å²) in [5.41, 5.74) is 2.11. The molecule has 0 N–H and O–H groups in total. The fourth-order valence-corrected chi connectivity index (χ4v) is 3.01. The van der Waals surface area contributed by atoms with E-state index in [1.807, 2.05) is 30.3 Å². The highest BCUT2D eigenvalue weighted by molar-refractivity contribution is 5.89. The van der Waals surface area contributed by atoms with Gasteiger partial charge in [0.25, 0.3) is 0 Å². The summed E-state index contributed by atoms with van der Waals surface area (Å²) in [4.78, 5) is 15.8. The van der Waals surface area contributed by atoms with Crippen LogP contribution in [0.25, 0.3) is 0 Å². The minimum absolute atomic E-state index is 0.329. The molecule has 1 saturated heterocycles. The summed E-state index contributed by atoms with van der Waals surface area (Å²) in [6.45, 7) is 1.43. The topological polar surface area (TPSA) is 76.1 Å². The van der Waals surface area contributed by atoms with Crippen molar-refractivity contribution in [2.24, 2.45) is 0 Å². The van der Waals surface area contributed by atoms with Crippen LogP contribution in [0.1, 0.15) is 27.8 Å². The molecule has 0 spiro atoms. The largest absolute Gasteiger partial charge is 0.489 e. The van der Waals surface area contributed by atoms with Gasteiger partial charge in [0.2, 0.25) is 0 Å². The molecule has 2 aromatic carbocycles. The van der Waals surface area contributed by atoms with E-state index in [1.165, 1.54) is 7.11 Å². The van der Waals surface area contributed by atoms with Crippen LogP contribution in [0.4, 0.5) is 0 Å². The summed E-state index contributed by atoms with van der Waals surface area (Å²) in [6, 6.07) is 16.2. The minimum Gasteiger partial charge on any atom is -0.489 e. The number of carbonyl (C=O) groups excluding carboxylic acids is 1. The molecule has 0 unspecified atom stereocenters. The van der Waals surface area contributed by atoms with Crippen molar-refractivity contribution in [3.05, 3.63) is 83.7 Å². The van der Waals surface area contributed by atoms with Gasteiger partial charge in [0, 0.05) is 12.4 Å². The summed E-state index contributed by atoms with van der Waals surface area (Å²) in [5.74, 6) is 1.59. The number of hydrogen-bond acceptors (Lipinski definition) is 7. The Morgan fingerprint density at radius 1 is 1.07 bits per heavy atom.